The lowest BCUT2D eigenvalue weighted by Gasteiger charge is -2.02. The van der Waals surface area contributed by atoms with Crippen LogP contribution in [0.2, 0.25) is 0 Å². The maximum atomic E-state index is 11.4. The van der Waals surface area contributed by atoms with Crippen molar-refractivity contribution in [3.05, 3.63) is 21.4 Å². The molecule has 0 radical (unpaired) electrons. The van der Waals surface area contributed by atoms with E-state index in [4.69, 9.17) is 5.73 Å². The van der Waals surface area contributed by atoms with Gasteiger partial charge < -0.3 is 11.1 Å². The zero-order valence-electron chi connectivity index (χ0n) is 10.0. The molecule has 0 saturated carbocycles. The van der Waals surface area contributed by atoms with Crippen molar-refractivity contribution in [2.24, 2.45) is 5.73 Å². The Kier molecular flexibility index (Phi) is 5.49. The van der Waals surface area contributed by atoms with Crippen LogP contribution in [0.25, 0.3) is 0 Å². The number of amides is 1. The highest BCUT2D eigenvalue weighted by Gasteiger charge is 2.04. The average Bonchev–Trinajstić information content (AvgIpc) is 2.56. The molecule has 0 aliphatic carbocycles. The molecular weight excluding hydrogens is 220 g/mol. The molecule has 90 valence electrons. The molecule has 0 aromatic carbocycles. The first-order chi connectivity index (χ1) is 7.63. The molecule has 0 bridgehead atoms. The molecule has 0 fully saturated rings. The molecule has 0 saturated heterocycles. The summed E-state index contributed by atoms with van der Waals surface area (Å²) in [4.78, 5) is 14.0. The van der Waals surface area contributed by atoms with Crippen molar-refractivity contribution in [3.8, 4) is 0 Å². The Morgan fingerprint density at radius 1 is 1.44 bits per heavy atom. The third-order valence-electron chi connectivity index (χ3n) is 2.53. The molecule has 1 aromatic heterocycles. The Hall–Kier alpha value is -0.870. The molecule has 16 heavy (non-hydrogen) atoms. The van der Waals surface area contributed by atoms with Crippen molar-refractivity contribution < 1.29 is 4.79 Å². The number of hydrogen-bond acceptors (Lipinski definition) is 3. The zero-order valence-corrected chi connectivity index (χ0v) is 10.8. The standard InChI is InChI=1S/C12H20N2OS/c1-9-7-11(16-10(9)2)8-14-12(15)5-3-4-6-13/h7H,3-6,8,13H2,1-2H3,(H,14,15). The highest BCUT2D eigenvalue weighted by atomic mass is 32.1. The lowest BCUT2D eigenvalue weighted by atomic mass is 10.2. The van der Waals surface area contributed by atoms with Crippen LogP contribution in [0.1, 0.15) is 34.6 Å². The van der Waals surface area contributed by atoms with E-state index in [1.807, 2.05) is 0 Å². The number of carbonyl (C=O) groups excluding carboxylic acids is 1. The van der Waals surface area contributed by atoms with Crippen LogP contribution in [-0.2, 0) is 11.3 Å². The van der Waals surface area contributed by atoms with Gasteiger partial charge in [0.25, 0.3) is 0 Å². The average molecular weight is 240 g/mol. The molecule has 0 spiro atoms. The van der Waals surface area contributed by atoms with Gasteiger partial charge in [-0.3, -0.25) is 4.79 Å². The fourth-order valence-electron chi connectivity index (χ4n) is 1.44. The number of thiophene rings is 1. The number of hydrogen-bond donors (Lipinski definition) is 2. The number of carbonyl (C=O) groups is 1. The third kappa shape index (κ3) is 4.33. The fourth-order valence-corrected chi connectivity index (χ4v) is 2.43. The number of nitrogens with one attached hydrogen (secondary N) is 1. The van der Waals surface area contributed by atoms with E-state index < -0.39 is 0 Å². The van der Waals surface area contributed by atoms with Crippen molar-refractivity contribution in [1.29, 1.82) is 0 Å². The smallest absolute Gasteiger partial charge is 0.220 e. The van der Waals surface area contributed by atoms with Crippen LogP contribution in [0.5, 0.6) is 0 Å². The summed E-state index contributed by atoms with van der Waals surface area (Å²) >= 11 is 1.75. The molecule has 1 rings (SSSR count). The van der Waals surface area contributed by atoms with E-state index >= 15 is 0 Å². The van der Waals surface area contributed by atoms with Gasteiger partial charge >= 0.3 is 0 Å². The number of aryl methyl sites for hydroxylation is 2. The van der Waals surface area contributed by atoms with Crippen molar-refractivity contribution in [3.63, 3.8) is 0 Å². The molecule has 3 N–H and O–H groups in total. The largest absolute Gasteiger partial charge is 0.351 e. The van der Waals surface area contributed by atoms with Crippen molar-refractivity contribution in [2.45, 2.75) is 39.7 Å². The summed E-state index contributed by atoms with van der Waals surface area (Å²) in [6, 6.07) is 2.14. The summed E-state index contributed by atoms with van der Waals surface area (Å²) in [5.41, 5.74) is 6.67. The van der Waals surface area contributed by atoms with Gasteiger partial charge in [-0.15, -0.1) is 11.3 Å². The monoisotopic (exact) mass is 240 g/mol. The van der Waals surface area contributed by atoms with Gasteiger partial charge in [0.15, 0.2) is 0 Å². The van der Waals surface area contributed by atoms with Gasteiger partial charge in [-0.05, 0) is 44.9 Å². The van der Waals surface area contributed by atoms with Crippen LogP contribution in [-0.4, -0.2) is 12.5 Å². The van der Waals surface area contributed by atoms with Gasteiger partial charge in [0.2, 0.25) is 5.91 Å². The SMILES string of the molecule is Cc1cc(CNC(=O)CCCCN)sc1C. The van der Waals surface area contributed by atoms with Crippen molar-refractivity contribution in [2.75, 3.05) is 6.54 Å². The first-order valence-electron chi connectivity index (χ1n) is 5.66. The Balaban J connectivity index is 2.26. The Morgan fingerprint density at radius 3 is 2.75 bits per heavy atom. The maximum Gasteiger partial charge on any atom is 0.220 e. The van der Waals surface area contributed by atoms with E-state index in [0.717, 1.165) is 12.8 Å². The summed E-state index contributed by atoms with van der Waals surface area (Å²) in [6.07, 6.45) is 2.38. The second kappa shape index (κ2) is 6.66. The van der Waals surface area contributed by atoms with Crippen LogP contribution < -0.4 is 11.1 Å². The molecule has 1 heterocycles. The molecule has 0 aliphatic heterocycles. The van der Waals surface area contributed by atoms with Gasteiger partial charge in [-0.25, -0.2) is 0 Å². The van der Waals surface area contributed by atoms with Gasteiger partial charge in [0, 0.05) is 16.2 Å². The van der Waals surface area contributed by atoms with Crippen LogP contribution in [0.15, 0.2) is 6.07 Å². The number of unbranched alkanes of at least 4 members (excludes halogenated alkanes) is 1. The summed E-state index contributed by atoms with van der Waals surface area (Å²) < 4.78 is 0. The number of nitrogens with two attached hydrogens (primary N) is 1. The highest BCUT2D eigenvalue weighted by molar-refractivity contribution is 7.12. The van der Waals surface area contributed by atoms with Crippen LogP contribution in [0.3, 0.4) is 0 Å². The van der Waals surface area contributed by atoms with Gasteiger partial charge in [0.1, 0.15) is 0 Å². The topological polar surface area (TPSA) is 55.1 Å². The summed E-state index contributed by atoms with van der Waals surface area (Å²) in [5, 5.41) is 2.93. The minimum atomic E-state index is 0.122. The second-order valence-electron chi connectivity index (χ2n) is 3.97. The minimum Gasteiger partial charge on any atom is -0.351 e. The van der Waals surface area contributed by atoms with Crippen molar-refractivity contribution >= 4 is 17.2 Å². The zero-order chi connectivity index (χ0) is 12.0. The molecule has 0 atom stereocenters. The lowest BCUT2D eigenvalue weighted by molar-refractivity contribution is -0.121. The second-order valence-corrected chi connectivity index (χ2v) is 5.32. The molecule has 1 amide bonds. The van der Waals surface area contributed by atoms with Gasteiger partial charge in [-0.1, -0.05) is 0 Å². The number of rotatable bonds is 6. The normalized spacial score (nSPS) is 10.4. The Labute approximate surface area is 101 Å². The molecule has 3 nitrogen and oxygen atoms in total. The first-order valence-corrected chi connectivity index (χ1v) is 6.48. The van der Waals surface area contributed by atoms with Crippen LogP contribution in [0, 0.1) is 13.8 Å². The minimum absolute atomic E-state index is 0.122. The predicted octanol–water partition coefficient (Wildman–Crippen LogP) is 2.11. The van der Waals surface area contributed by atoms with Crippen LogP contribution >= 0.6 is 11.3 Å². The molecule has 0 aliphatic rings. The predicted molar refractivity (Wildman–Crippen MR) is 68.5 cm³/mol. The summed E-state index contributed by atoms with van der Waals surface area (Å²) in [6.45, 7) is 5.52. The fraction of sp³-hybridized carbons (Fsp3) is 0.583. The summed E-state index contributed by atoms with van der Waals surface area (Å²) in [7, 11) is 0. The molecule has 0 unspecified atom stereocenters. The van der Waals surface area contributed by atoms with E-state index in [-0.39, 0.29) is 5.91 Å². The molecular formula is C12H20N2OS. The molecule has 4 heteroatoms. The van der Waals surface area contributed by atoms with E-state index in [1.165, 1.54) is 15.3 Å². The Bertz CT molecular complexity index is 327. The maximum absolute atomic E-state index is 11.4. The first kappa shape index (κ1) is 13.2. The highest BCUT2D eigenvalue weighted by Crippen LogP contribution is 2.20. The van der Waals surface area contributed by atoms with E-state index in [9.17, 15) is 4.79 Å². The quantitative estimate of drug-likeness (QED) is 0.748. The van der Waals surface area contributed by atoms with E-state index in [2.05, 4.69) is 25.2 Å². The molecule has 1 aromatic rings. The summed E-state index contributed by atoms with van der Waals surface area (Å²) in [5.74, 6) is 0.122. The van der Waals surface area contributed by atoms with Gasteiger partial charge in [-0.2, -0.15) is 0 Å². The van der Waals surface area contributed by atoms with E-state index in [0.29, 0.717) is 19.5 Å². The Morgan fingerprint density at radius 2 is 2.19 bits per heavy atom. The van der Waals surface area contributed by atoms with E-state index in [1.54, 1.807) is 11.3 Å². The van der Waals surface area contributed by atoms with Crippen molar-refractivity contribution in [1.82, 2.24) is 5.32 Å². The van der Waals surface area contributed by atoms with Crippen LogP contribution in [0.4, 0.5) is 0 Å². The third-order valence-corrected chi connectivity index (χ3v) is 3.69. The van der Waals surface area contributed by atoms with Gasteiger partial charge in [0.05, 0.1) is 6.54 Å². The lowest BCUT2D eigenvalue weighted by Crippen LogP contribution is -2.22.